The van der Waals surface area contributed by atoms with Crippen molar-refractivity contribution in [2.45, 2.75) is 46.1 Å². The predicted octanol–water partition coefficient (Wildman–Crippen LogP) is 5.34. The van der Waals surface area contributed by atoms with Crippen LogP contribution in [0.25, 0.3) is 10.8 Å². The van der Waals surface area contributed by atoms with E-state index >= 15 is 0 Å². The van der Waals surface area contributed by atoms with Gasteiger partial charge in [0.15, 0.2) is 5.11 Å². The van der Waals surface area contributed by atoms with Gasteiger partial charge in [-0.1, -0.05) is 63.1 Å². The third-order valence-corrected chi connectivity index (χ3v) is 4.05. The zero-order valence-corrected chi connectivity index (χ0v) is 14.5. The maximum absolute atomic E-state index is 5.46. The van der Waals surface area contributed by atoms with Crippen molar-refractivity contribution in [1.82, 2.24) is 5.32 Å². The van der Waals surface area contributed by atoms with E-state index < -0.39 is 0 Å². The van der Waals surface area contributed by atoms with Crippen molar-refractivity contribution < 1.29 is 0 Å². The number of thiocarbonyl (C=S) groups is 1. The van der Waals surface area contributed by atoms with Crippen LogP contribution in [0.2, 0.25) is 0 Å². The molecule has 0 radical (unpaired) electrons. The molecule has 0 aliphatic carbocycles. The maximum atomic E-state index is 5.46. The highest BCUT2D eigenvalue weighted by Crippen LogP contribution is 2.22. The predicted molar refractivity (Wildman–Crippen MR) is 101 cm³/mol. The fourth-order valence-electron chi connectivity index (χ4n) is 2.62. The summed E-state index contributed by atoms with van der Waals surface area (Å²) in [5.41, 5.74) is 1.06. The first-order chi connectivity index (χ1) is 10.6. The molecule has 2 N–H and O–H groups in total. The molecule has 0 saturated heterocycles. The molecule has 1 unspecified atom stereocenters. The molecule has 2 nitrogen and oxygen atoms in total. The first-order valence-corrected chi connectivity index (χ1v) is 8.52. The summed E-state index contributed by atoms with van der Waals surface area (Å²) in [6, 6.07) is 15.0. The molecule has 1 atom stereocenters. The van der Waals surface area contributed by atoms with Gasteiger partial charge in [0, 0.05) is 17.1 Å². The third kappa shape index (κ3) is 4.99. The Morgan fingerprint density at radius 3 is 2.50 bits per heavy atom. The van der Waals surface area contributed by atoms with Crippen LogP contribution in [0.4, 0.5) is 5.69 Å². The van der Waals surface area contributed by atoms with Gasteiger partial charge in [-0.2, -0.15) is 0 Å². The van der Waals surface area contributed by atoms with Gasteiger partial charge in [-0.3, -0.25) is 0 Å². The molecular weight excluding hydrogens is 288 g/mol. The van der Waals surface area contributed by atoms with Gasteiger partial charge in [0.25, 0.3) is 0 Å². The van der Waals surface area contributed by atoms with Crippen LogP contribution < -0.4 is 10.6 Å². The summed E-state index contributed by atoms with van der Waals surface area (Å²) >= 11 is 5.46. The smallest absolute Gasteiger partial charge is 0.171 e. The van der Waals surface area contributed by atoms with Gasteiger partial charge < -0.3 is 10.6 Å². The van der Waals surface area contributed by atoms with E-state index in [1.54, 1.807) is 0 Å². The molecule has 2 rings (SSSR count). The molecule has 2 aromatic rings. The summed E-state index contributed by atoms with van der Waals surface area (Å²) in [5.74, 6) is 0.771. The average molecular weight is 314 g/mol. The van der Waals surface area contributed by atoms with E-state index in [-0.39, 0.29) is 0 Å². The second-order valence-electron chi connectivity index (χ2n) is 6.35. The molecule has 118 valence electrons. The number of anilines is 1. The molecule has 0 bridgehead atoms. The molecule has 0 fully saturated rings. The largest absolute Gasteiger partial charge is 0.360 e. The molecule has 0 amide bonds. The first-order valence-electron chi connectivity index (χ1n) is 8.11. The molecule has 0 spiro atoms. The average Bonchev–Trinajstić information content (AvgIpc) is 2.47. The van der Waals surface area contributed by atoms with Crippen LogP contribution in [-0.4, -0.2) is 11.2 Å². The SMILES string of the molecule is CC(C)CCCC(C)NC(=S)Nc1cccc2ccccc12. The Morgan fingerprint density at radius 1 is 1.00 bits per heavy atom. The first kappa shape index (κ1) is 16.8. The molecule has 2 aromatic carbocycles. The molecule has 0 heterocycles. The van der Waals surface area contributed by atoms with Crippen LogP contribution in [-0.2, 0) is 0 Å². The van der Waals surface area contributed by atoms with Crippen molar-refractivity contribution >= 4 is 33.8 Å². The normalized spacial score (nSPS) is 12.4. The number of nitrogens with one attached hydrogen (secondary N) is 2. The van der Waals surface area contributed by atoms with Gasteiger partial charge in [-0.05, 0) is 42.9 Å². The van der Waals surface area contributed by atoms with Crippen molar-refractivity contribution in [2.24, 2.45) is 5.92 Å². The summed E-state index contributed by atoms with van der Waals surface area (Å²) in [6.07, 6.45) is 3.66. The molecule has 0 aliphatic rings. The van der Waals surface area contributed by atoms with Gasteiger partial charge in [-0.25, -0.2) is 0 Å². The zero-order chi connectivity index (χ0) is 15.9. The highest BCUT2D eigenvalue weighted by atomic mass is 32.1. The minimum atomic E-state index is 0.397. The van der Waals surface area contributed by atoms with Crippen LogP contribution in [0.3, 0.4) is 0 Å². The van der Waals surface area contributed by atoms with Crippen LogP contribution in [0.5, 0.6) is 0 Å². The van der Waals surface area contributed by atoms with Gasteiger partial charge in [0.1, 0.15) is 0 Å². The van der Waals surface area contributed by atoms with Crippen LogP contribution in [0.1, 0.15) is 40.0 Å². The minimum Gasteiger partial charge on any atom is -0.360 e. The Balaban J connectivity index is 1.91. The highest BCUT2D eigenvalue weighted by Gasteiger charge is 2.06. The standard InChI is InChI=1S/C19H26N2S/c1-14(2)8-6-9-15(3)20-19(22)21-18-13-7-11-16-10-4-5-12-17(16)18/h4-5,7,10-15H,6,8-9H2,1-3H3,(H2,20,21,22). The van der Waals surface area contributed by atoms with Crippen LogP contribution in [0, 0.1) is 5.92 Å². The summed E-state index contributed by atoms with van der Waals surface area (Å²) in [6.45, 7) is 6.73. The topological polar surface area (TPSA) is 24.1 Å². The lowest BCUT2D eigenvalue weighted by Gasteiger charge is -2.18. The number of rotatable bonds is 6. The van der Waals surface area contributed by atoms with E-state index in [9.17, 15) is 0 Å². The molecular formula is C19H26N2S. The Bertz CT molecular complexity index is 616. The van der Waals surface area contributed by atoms with Crippen molar-refractivity contribution in [1.29, 1.82) is 0 Å². The Morgan fingerprint density at radius 2 is 1.73 bits per heavy atom. The number of fused-ring (bicyclic) bond motifs is 1. The lowest BCUT2D eigenvalue weighted by molar-refractivity contribution is 0.495. The fraction of sp³-hybridized carbons (Fsp3) is 0.421. The van der Waals surface area contributed by atoms with Gasteiger partial charge in [0.2, 0.25) is 0 Å². The zero-order valence-electron chi connectivity index (χ0n) is 13.7. The van der Waals surface area contributed by atoms with E-state index in [1.807, 2.05) is 0 Å². The van der Waals surface area contributed by atoms with Crippen molar-refractivity contribution in [3.63, 3.8) is 0 Å². The van der Waals surface area contributed by atoms with Gasteiger partial charge in [0.05, 0.1) is 0 Å². The monoisotopic (exact) mass is 314 g/mol. The summed E-state index contributed by atoms with van der Waals surface area (Å²) < 4.78 is 0. The van der Waals surface area contributed by atoms with Crippen molar-refractivity contribution in [3.8, 4) is 0 Å². The molecule has 0 aliphatic heterocycles. The number of benzene rings is 2. The molecule has 22 heavy (non-hydrogen) atoms. The Labute approximate surface area is 139 Å². The molecule has 0 saturated carbocycles. The number of hydrogen-bond donors (Lipinski definition) is 2. The minimum absolute atomic E-state index is 0.397. The van der Waals surface area contributed by atoms with Crippen LogP contribution in [0.15, 0.2) is 42.5 Å². The fourth-order valence-corrected chi connectivity index (χ4v) is 2.93. The lowest BCUT2D eigenvalue weighted by Crippen LogP contribution is -2.35. The summed E-state index contributed by atoms with van der Waals surface area (Å²) in [4.78, 5) is 0. The second-order valence-corrected chi connectivity index (χ2v) is 6.76. The van der Waals surface area contributed by atoms with Gasteiger partial charge in [-0.15, -0.1) is 0 Å². The molecule has 0 aromatic heterocycles. The molecule has 3 heteroatoms. The van der Waals surface area contributed by atoms with E-state index in [0.29, 0.717) is 11.2 Å². The maximum Gasteiger partial charge on any atom is 0.171 e. The summed E-state index contributed by atoms with van der Waals surface area (Å²) in [5, 5.41) is 9.84. The van der Waals surface area contributed by atoms with Crippen molar-refractivity contribution in [2.75, 3.05) is 5.32 Å². The van der Waals surface area contributed by atoms with Crippen molar-refractivity contribution in [3.05, 3.63) is 42.5 Å². The van der Waals surface area contributed by atoms with E-state index in [1.165, 1.54) is 23.6 Å². The Hall–Kier alpha value is -1.61. The van der Waals surface area contributed by atoms with Crippen LogP contribution >= 0.6 is 12.2 Å². The second kappa shape index (κ2) is 8.14. The van der Waals surface area contributed by atoms with Gasteiger partial charge >= 0.3 is 0 Å². The van der Waals surface area contributed by atoms with E-state index in [2.05, 4.69) is 73.9 Å². The quantitative estimate of drug-likeness (QED) is 0.704. The third-order valence-electron chi connectivity index (χ3n) is 3.83. The van der Waals surface area contributed by atoms with E-state index in [4.69, 9.17) is 12.2 Å². The Kier molecular flexibility index (Phi) is 6.20. The summed E-state index contributed by atoms with van der Waals surface area (Å²) in [7, 11) is 0. The lowest BCUT2D eigenvalue weighted by atomic mass is 10.0. The van der Waals surface area contributed by atoms with E-state index in [0.717, 1.165) is 18.0 Å². The highest BCUT2D eigenvalue weighted by molar-refractivity contribution is 7.80. The number of hydrogen-bond acceptors (Lipinski definition) is 1.